The van der Waals surface area contributed by atoms with Gasteiger partial charge in [0.25, 0.3) is 5.91 Å². The number of amides is 1. The monoisotopic (exact) mass is 299 g/mol. The van der Waals surface area contributed by atoms with Crippen LogP contribution in [0.3, 0.4) is 0 Å². The largest absolute Gasteiger partial charge is 0.508 e. The second kappa shape index (κ2) is 5.08. The molecular weight excluding hydrogens is 282 g/mol. The molecule has 17 heavy (non-hydrogen) atoms. The third-order valence-electron chi connectivity index (χ3n) is 3.00. The number of rotatable bonds is 3. The highest BCUT2D eigenvalue weighted by Crippen LogP contribution is 2.22. The second-order valence-electron chi connectivity index (χ2n) is 4.81. The number of hydrogen-bond acceptors (Lipinski definition) is 2. The number of halogens is 1. The molecular formula is C13H18BrNO2. The Bertz CT molecular complexity index is 429. The Hall–Kier alpha value is -1.03. The van der Waals surface area contributed by atoms with Crippen molar-refractivity contribution in [1.82, 2.24) is 4.90 Å². The number of hydrogen-bond donors (Lipinski definition) is 1. The average molecular weight is 300 g/mol. The first kappa shape index (κ1) is 14.0. The van der Waals surface area contributed by atoms with Gasteiger partial charge in [-0.25, -0.2) is 0 Å². The molecule has 0 aliphatic rings. The van der Waals surface area contributed by atoms with E-state index in [0.717, 1.165) is 5.56 Å². The minimum absolute atomic E-state index is 0.0928. The highest BCUT2D eigenvalue weighted by molar-refractivity contribution is 9.09. The summed E-state index contributed by atoms with van der Waals surface area (Å²) >= 11 is 3.40. The van der Waals surface area contributed by atoms with Gasteiger partial charge in [0.05, 0.1) is 0 Å². The number of carbonyl (C=O) groups excluding carboxylic acids is 1. The molecule has 1 amide bonds. The van der Waals surface area contributed by atoms with Crippen molar-refractivity contribution in [1.29, 1.82) is 0 Å². The number of aromatic hydroxyl groups is 1. The van der Waals surface area contributed by atoms with E-state index >= 15 is 0 Å². The third kappa shape index (κ3) is 3.00. The van der Waals surface area contributed by atoms with Gasteiger partial charge in [0.15, 0.2) is 0 Å². The Morgan fingerprint density at radius 2 is 2.06 bits per heavy atom. The molecule has 0 bridgehead atoms. The molecule has 3 nitrogen and oxygen atoms in total. The molecule has 4 heteroatoms. The van der Waals surface area contributed by atoms with Crippen molar-refractivity contribution in [2.24, 2.45) is 0 Å². The lowest BCUT2D eigenvalue weighted by Crippen LogP contribution is -2.46. The summed E-state index contributed by atoms with van der Waals surface area (Å²) in [7, 11) is 1.76. The van der Waals surface area contributed by atoms with Crippen molar-refractivity contribution < 1.29 is 9.90 Å². The van der Waals surface area contributed by atoms with Gasteiger partial charge in [-0.15, -0.1) is 0 Å². The van der Waals surface area contributed by atoms with Crippen LogP contribution in [0.15, 0.2) is 18.2 Å². The van der Waals surface area contributed by atoms with E-state index in [-0.39, 0.29) is 17.2 Å². The Kier molecular flexibility index (Phi) is 4.20. The van der Waals surface area contributed by atoms with Crippen molar-refractivity contribution >= 4 is 21.8 Å². The van der Waals surface area contributed by atoms with Crippen LogP contribution >= 0.6 is 15.9 Å². The SMILES string of the molecule is Cc1ccc(C(=O)N(C)C(C)(C)CBr)cc1O. The van der Waals surface area contributed by atoms with Crippen LogP contribution in [-0.4, -0.2) is 33.8 Å². The summed E-state index contributed by atoms with van der Waals surface area (Å²) in [5, 5.41) is 10.3. The summed E-state index contributed by atoms with van der Waals surface area (Å²) in [6.45, 7) is 5.76. The normalized spacial score (nSPS) is 11.4. The molecule has 0 saturated heterocycles. The van der Waals surface area contributed by atoms with Gasteiger partial charge in [-0.05, 0) is 38.5 Å². The summed E-state index contributed by atoms with van der Waals surface area (Å²) < 4.78 is 0. The average Bonchev–Trinajstić information content (AvgIpc) is 2.30. The van der Waals surface area contributed by atoms with E-state index < -0.39 is 0 Å². The second-order valence-corrected chi connectivity index (χ2v) is 5.37. The van der Waals surface area contributed by atoms with Gasteiger partial charge in [0.1, 0.15) is 5.75 Å². The lowest BCUT2D eigenvalue weighted by molar-refractivity contribution is 0.0663. The first-order valence-corrected chi connectivity index (χ1v) is 6.55. The molecule has 0 saturated carbocycles. The lowest BCUT2D eigenvalue weighted by Gasteiger charge is -2.34. The molecule has 0 aromatic heterocycles. The minimum Gasteiger partial charge on any atom is -0.508 e. The predicted molar refractivity (Wildman–Crippen MR) is 72.8 cm³/mol. The molecule has 1 N–H and O–H groups in total. The van der Waals surface area contributed by atoms with Crippen LogP contribution in [0.5, 0.6) is 5.75 Å². The fourth-order valence-electron chi connectivity index (χ4n) is 1.30. The van der Waals surface area contributed by atoms with E-state index in [0.29, 0.717) is 10.9 Å². The number of phenols is 1. The molecule has 94 valence electrons. The van der Waals surface area contributed by atoms with Gasteiger partial charge < -0.3 is 10.0 Å². The van der Waals surface area contributed by atoms with Crippen LogP contribution in [0.2, 0.25) is 0 Å². The van der Waals surface area contributed by atoms with Crippen LogP contribution in [0.25, 0.3) is 0 Å². The lowest BCUT2D eigenvalue weighted by atomic mass is 10.0. The highest BCUT2D eigenvalue weighted by Gasteiger charge is 2.27. The van der Waals surface area contributed by atoms with Gasteiger partial charge >= 0.3 is 0 Å². The third-order valence-corrected chi connectivity index (χ3v) is 4.37. The standard InChI is InChI=1S/C13H18BrNO2/c1-9-5-6-10(7-11(9)16)12(17)15(4)13(2,3)8-14/h5-7,16H,8H2,1-4H3. The Balaban J connectivity index is 3.01. The number of phenolic OH excluding ortho intramolecular Hbond substituents is 1. The molecule has 1 aromatic rings. The minimum atomic E-state index is -0.266. The Labute approximate surface area is 111 Å². The number of nitrogens with zero attached hydrogens (tertiary/aromatic N) is 1. The topological polar surface area (TPSA) is 40.5 Å². The van der Waals surface area contributed by atoms with Gasteiger partial charge in [-0.2, -0.15) is 0 Å². The van der Waals surface area contributed by atoms with Crippen molar-refractivity contribution in [3.05, 3.63) is 29.3 Å². The fourth-order valence-corrected chi connectivity index (χ4v) is 1.68. The summed E-state index contributed by atoms with van der Waals surface area (Å²) in [6.07, 6.45) is 0. The molecule has 0 atom stereocenters. The smallest absolute Gasteiger partial charge is 0.254 e. The zero-order valence-corrected chi connectivity index (χ0v) is 12.2. The molecule has 0 aliphatic carbocycles. The molecule has 1 rings (SSSR count). The van der Waals surface area contributed by atoms with Crippen LogP contribution in [0, 0.1) is 6.92 Å². The van der Waals surface area contributed by atoms with Crippen molar-refractivity contribution in [2.45, 2.75) is 26.3 Å². The maximum Gasteiger partial charge on any atom is 0.254 e. The van der Waals surface area contributed by atoms with E-state index in [2.05, 4.69) is 15.9 Å². The van der Waals surface area contributed by atoms with Crippen LogP contribution < -0.4 is 0 Å². The predicted octanol–water partition coefficient (Wildman–Crippen LogP) is 2.95. The van der Waals surface area contributed by atoms with E-state index in [1.165, 1.54) is 6.07 Å². The number of benzene rings is 1. The van der Waals surface area contributed by atoms with E-state index in [4.69, 9.17) is 0 Å². The summed E-state index contributed by atoms with van der Waals surface area (Å²) in [5.41, 5.74) is 1.01. The van der Waals surface area contributed by atoms with E-state index in [9.17, 15) is 9.90 Å². The van der Waals surface area contributed by atoms with E-state index in [1.54, 1.807) is 31.0 Å². The van der Waals surface area contributed by atoms with Crippen LogP contribution in [-0.2, 0) is 0 Å². The van der Waals surface area contributed by atoms with Gasteiger partial charge in [0.2, 0.25) is 0 Å². The number of aryl methyl sites for hydroxylation is 1. The number of alkyl halides is 1. The zero-order valence-electron chi connectivity index (χ0n) is 10.6. The molecule has 0 heterocycles. The summed E-state index contributed by atoms with van der Waals surface area (Å²) in [5.74, 6) is 0.0608. The van der Waals surface area contributed by atoms with Crippen LogP contribution in [0.4, 0.5) is 0 Å². The van der Waals surface area contributed by atoms with Crippen molar-refractivity contribution in [2.75, 3.05) is 12.4 Å². The molecule has 0 radical (unpaired) electrons. The molecule has 0 fully saturated rings. The zero-order chi connectivity index (χ0) is 13.2. The summed E-state index contributed by atoms with van der Waals surface area (Å²) in [4.78, 5) is 13.9. The van der Waals surface area contributed by atoms with Crippen molar-refractivity contribution in [3.63, 3.8) is 0 Å². The van der Waals surface area contributed by atoms with Gasteiger partial charge in [0, 0.05) is 23.5 Å². The van der Waals surface area contributed by atoms with Gasteiger partial charge in [-0.1, -0.05) is 22.0 Å². The maximum absolute atomic E-state index is 12.2. The Morgan fingerprint density at radius 3 is 2.53 bits per heavy atom. The first-order chi connectivity index (χ1) is 7.79. The van der Waals surface area contributed by atoms with Crippen molar-refractivity contribution in [3.8, 4) is 5.75 Å². The number of carbonyl (C=O) groups is 1. The summed E-state index contributed by atoms with van der Waals surface area (Å²) in [6, 6.07) is 4.99. The molecule has 0 spiro atoms. The highest BCUT2D eigenvalue weighted by atomic mass is 79.9. The quantitative estimate of drug-likeness (QED) is 0.872. The van der Waals surface area contributed by atoms with Crippen LogP contribution in [0.1, 0.15) is 29.8 Å². The Morgan fingerprint density at radius 1 is 1.47 bits per heavy atom. The van der Waals surface area contributed by atoms with Gasteiger partial charge in [-0.3, -0.25) is 4.79 Å². The van der Waals surface area contributed by atoms with E-state index in [1.807, 2.05) is 13.8 Å². The first-order valence-electron chi connectivity index (χ1n) is 5.43. The maximum atomic E-state index is 12.2. The molecule has 0 unspecified atom stereocenters. The molecule has 1 aromatic carbocycles. The fraction of sp³-hybridized carbons (Fsp3) is 0.462. The molecule has 0 aliphatic heterocycles.